The molecule has 0 aromatic heterocycles. The first-order chi connectivity index (χ1) is 19.5. The standard InChI is InChI=1S/C33H45N3O4S/c1-5-30(32(38)34-6-2)35(21-24-9-7-23(3)8-10-24)31(37)22-36(41(4,39)40)29-13-11-28(12-14-29)33-18-25-15-26(19-33)17-27(16-25)20-33/h7-14,25-27,30H,5-6,15-22H2,1-4H3,(H,34,38)/t25?,26?,27?,30-,33?/m1/s1. The Kier molecular flexibility index (Phi) is 8.51. The molecule has 0 heterocycles. The van der Waals surface area contributed by atoms with Crippen LogP contribution in [0.25, 0.3) is 0 Å². The molecule has 0 aliphatic heterocycles. The average molecular weight is 580 g/mol. The van der Waals surface area contributed by atoms with Crippen LogP contribution in [0.3, 0.4) is 0 Å². The van der Waals surface area contributed by atoms with Gasteiger partial charge < -0.3 is 10.2 Å². The number of rotatable bonds is 11. The Morgan fingerprint density at radius 1 is 0.927 bits per heavy atom. The Bertz CT molecular complexity index is 1320. The maximum Gasteiger partial charge on any atom is 0.244 e. The second-order valence-electron chi connectivity index (χ2n) is 12.8. The number of hydrogen-bond acceptors (Lipinski definition) is 4. The minimum atomic E-state index is -3.76. The first-order valence-corrected chi connectivity index (χ1v) is 17.1. The number of aryl methyl sites for hydroxylation is 1. The first kappa shape index (κ1) is 29.6. The molecule has 6 rings (SSSR count). The van der Waals surface area contributed by atoms with Crippen LogP contribution in [0.15, 0.2) is 48.5 Å². The van der Waals surface area contributed by atoms with Crippen molar-refractivity contribution in [2.24, 2.45) is 17.8 Å². The maximum absolute atomic E-state index is 13.9. The number of carbonyl (C=O) groups excluding carboxylic acids is 2. The van der Waals surface area contributed by atoms with E-state index in [1.165, 1.54) is 53.3 Å². The van der Waals surface area contributed by atoms with Gasteiger partial charge in [-0.1, -0.05) is 48.9 Å². The number of benzene rings is 2. The van der Waals surface area contributed by atoms with Crippen LogP contribution in [0, 0.1) is 24.7 Å². The molecule has 1 N–H and O–H groups in total. The van der Waals surface area contributed by atoms with E-state index in [0.29, 0.717) is 18.7 Å². The Hall–Kier alpha value is -2.87. The molecule has 2 aromatic carbocycles. The van der Waals surface area contributed by atoms with E-state index in [9.17, 15) is 18.0 Å². The summed E-state index contributed by atoms with van der Waals surface area (Å²) in [5, 5.41) is 2.84. The van der Waals surface area contributed by atoms with E-state index in [4.69, 9.17) is 0 Å². The molecular weight excluding hydrogens is 534 g/mol. The van der Waals surface area contributed by atoms with Crippen LogP contribution in [-0.4, -0.2) is 50.5 Å². The normalized spacial score (nSPS) is 25.5. The molecule has 222 valence electrons. The highest BCUT2D eigenvalue weighted by atomic mass is 32.2. The first-order valence-electron chi connectivity index (χ1n) is 15.2. The number of nitrogens with zero attached hydrogens (tertiary/aromatic N) is 2. The van der Waals surface area contributed by atoms with Crippen LogP contribution in [0.1, 0.15) is 75.5 Å². The molecule has 0 saturated heterocycles. The lowest BCUT2D eigenvalue weighted by Crippen LogP contribution is -2.52. The van der Waals surface area contributed by atoms with E-state index in [-0.39, 0.29) is 24.4 Å². The van der Waals surface area contributed by atoms with E-state index in [1.807, 2.05) is 57.2 Å². The summed E-state index contributed by atoms with van der Waals surface area (Å²) < 4.78 is 27.3. The Morgan fingerprint density at radius 2 is 1.49 bits per heavy atom. The van der Waals surface area contributed by atoms with Gasteiger partial charge in [-0.15, -0.1) is 0 Å². The molecule has 4 aliphatic carbocycles. The molecule has 7 nitrogen and oxygen atoms in total. The second kappa shape index (κ2) is 11.8. The number of sulfonamides is 1. The fourth-order valence-electron chi connectivity index (χ4n) is 8.16. The van der Waals surface area contributed by atoms with E-state index in [0.717, 1.165) is 35.1 Å². The molecular formula is C33H45N3O4S. The van der Waals surface area contributed by atoms with Crippen LogP contribution >= 0.6 is 0 Å². The molecule has 4 bridgehead atoms. The van der Waals surface area contributed by atoms with Gasteiger partial charge in [-0.05, 0) is 105 Å². The number of nitrogens with one attached hydrogen (secondary N) is 1. The zero-order valence-electron chi connectivity index (χ0n) is 24.9. The second-order valence-corrected chi connectivity index (χ2v) is 14.7. The summed E-state index contributed by atoms with van der Waals surface area (Å²) in [6.45, 7) is 6.01. The molecule has 4 aliphatic rings. The van der Waals surface area contributed by atoms with Gasteiger partial charge >= 0.3 is 0 Å². The smallest absolute Gasteiger partial charge is 0.244 e. The van der Waals surface area contributed by atoms with Crippen LogP contribution in [0.5, 0.6) is 0 Å². The van der Waals surface area contributed by atoms with Crippen LogP contribution < -0.4 is 9.62 Å². The van der Waals surface area contributed by atoms with Crippen LogP contribution in [0.4, 0.5) is 5.69 Å². The summed E-state index contributed by atoms with van der Waals surface area (Å²) >= 11 is 0. The summed E-state index contributed by atoms with van der Waals surface area (Å²) in [6.07, 6.45) is 9.37. The molecule has 8 heteroatoms. The fourth-order valence-corrected chi connectivity index (χ4v) is 9.01. The van der Waals surface area contributed by atoms with E-state index < -0.39 is 22.0 Å². The number of hydrogen-bond donors (Lipinski definition) is 1. The monoisotopic (exact) mass is 579 g/mol. The van der Waals surface area contributed by atoms with Gasteiger partial charge in [0.25, 0.3) is 0 Å². The summed E-state index contributed by atoms with van der Waals surface area (Å²) in [5.41, 5.74) is 3.99. The predicted molar refractivity (Wildman–Crippen MR) is 163 cm³/mol. The zero-order valence-corrected chi connectivity index (χ0v) is 25.8. The molecule has 2 amide bonds. The topological polar surface area (TPSA) is 86.8 Å². The Morgan fingerprint density at radius 3 is 1.98 bits per heavy atom. The van der Waals surface area contributed by atoms with Crippen LogP contribution in [0.2, 0.25) is 0 Å². The highest BCUT2D eigenvalue weighted by Gasteiger charge is 2.51. The van der Waals surface area contributed by atoms with Gasteiger partial charge in [0, 0.05) is 13.1 Å². The fraction of sp³-hybridized carbons (Fsp3) is 0.576. The number of likely N-dealkylation sites (N-methyl/N-ethyl adjacent to an activating group) is 1. The third-order valence-electron chi connectivity index (χ3n) is 9.70. The van der Waals surface area contributed by atoms with Gasteiger partial charge in [0.2, 0.25) is 21.8 Å². The lowest BCUT2D eigenvalue weighted by atomic mass is 9.48. The Balaban J connectivity index is 1.40. The van der Waals surface area contributed by atoms with Crippen molar-refractivity contribution < 1.29 is 18.0 Å². The molecule has 41 heavy (non-hydrogen) atoms. The van der Waals surface area contributed by atoms with Gasteiger partial charge in [0.1, 0.15) is 12.6 Å². The van der Waals surface area contributed by atoms with E-state index in [1.54, 1.807) is 0 Å². The minimum absolute atomic E-state index is 0.213. The van der Waals surface area contributed by atoms with Crippen LogP contribution in [-0.2, 0) is 31.6 Å². The number of anilines is 1. The SMILES string of the molecule is CCNC(=O)[C@@H](CC)N(Cc1ccc(C)cc1)C(=O)CN(c1ccc(C23CC4CC(CC(C4)C2)C3)cc1)S(C)(=O)=O. The van der Waals surface area contributed by atoms with Crippen molar-refractivity contribution in [3.05, 3.63) is 65.2 Å². The minimum Gasteiger partial charge on any atom is -0.355 e. The molecule has 0 spiro atoms. The van der Waals surface area contributed by atoms with Gasteiger partial charge in [0.05, 0.1) is 11.9 Å². The van der Waals surface area contributed by atoms with Gasteiger partial charge in [-0.25, -0.2) is 8.42 Å². The molecule has 2 aromatic rings. The predicted octanol–water partition coefficient (Wildman–Crippen LogP) is 5.17. The van der Waals surface area contributed by atoms with Crippen molar-refractivity contribution >= 4 is 27.5 Å². The van der Waals surface area contributed by atoms with E-state index in [2.05, 4.69) is 17.4 Å². The number of amides is 2. The Labute approximate surface area is 245 Å². The summed E-state index contributed by atoms with van der Waals surface area (Å²) in [5.74, 6) is 1.83. The summed E-state index contributed by atoms with van der Waals surface area (Å²) in [6, 6.07) is 15.1. The van der Waals surface area contributed by atoms with Crippen molar-refractivity contribution in [3.63, 3.8) is 0 Å². The summed E-state index contributed by atoms with van der Waals surface area (Å²) in [7, 11) is -3.76. The van der Waals surface area contributed by atoms with Gasteiger partial charge in [-0.3, -0.25) is 13.9 Å². The number of carbonyl (C=O) groups is 2. The van der Waals surface area contributed by atoms with E-state index >= 15 is 0 Å². The quantitative estimate of drug-likeness (QED) is 0.398. The lowest BCUT2D eigenvalue weighted by molar-refractivity contribution is -0.140. The highest BCUT2D eigenvalue weighted by Crippen LogP contribution is 2.60. The van der Waals surface area contributed by atoms with Crippen molar-refractivity contribution in [2.45, 2.75) is 83.7 Å². The van der Waals surface area contributed by atoms with Crippen molar-refractivity contribution in [3.8, 4) is 0 Å². The highest BCUT2D eigenvalue weighted by molar-refractivity contribution is 7.92. The zero-order chi connectivity index (χ0) is 29.4. The molecule has 1 atom stereocenters. The largest absolute Gasteiger partial charge is 0.355 e. The molecule has 0 radical (unpaired) electrons. The average Bonchev–Trinajstić information content (AvgIpc) is 2.91. The molecule has 4 fully saturated rings. The third-order valence-corrected chi connectivity index (χ3v) is 10.8. The van der Waals surface area contributed by atoms with Crippen molar-refractivity contribution in [2.75, 3.05) is 23.7 Å². The van der Waals surface area contributed by atoms with Crippen molar-refractivity contribution in [1.82, 2.24) is 10.2 Å². The summed E-state index contributed by atoms with van der Waals surface area (Å²) in [4.78, 5) is 28.4. The molecule has 0 unspecified atom stereocenters. The van der Waals surface area contributed by atoms with Crippen molar-refractivity contribution in [1.29, 1.82) is 0 Å². The van der Waals surface area contributed by atoms with Gasteiger partial charge in [0.15, 0.2) is 0 Å². The third kappa shape index (κ3) is 6.32. The lowest BCUT2D eigenvalue weighted by Gasteiger charge is -2.57. The maximum atomic E-state index is 13.9. The molecule has 4 saturated carbocycles. The van der Waals surface area contributed by atoms with Gasteiger partial charge in [-0.2, -0.15) is 0 Å².